The van der Waals surface area contributed by atoms with Gasteiger partial charge in [-0.1, -0.05) is 44.2 Å². The molecular formula is C22H32ClN3O4S. The molecule has 2 saturated heterocycles. The molecule has 2 aliphatic rings. The van der Waals surface area contributed by atoms with Crippen molar-refractivity contribution in [2.75, 3.05) is 24.7 Å². The Hall–Kier alpha value is -1.77. The summed E-state index contributed by atoms with van der Waals surface area (Å²) in [5, 5.41) is 15.6. The lowest BCUT2D eigenvalue weighted by atomic mass is 9.71. The Bertz CT molecular complexity index is 763. The number of hydrogen-bond acceptors (Lipinski definition) is 5. The summed E-state index contributed by atoms with van der Waals surface area (Å²) in [6.45, 7) is 4.83. The maximum Gasteiger partial charge on any atom is 0.326 e. The molecule has 0 spiro atoms. The molecule has 3 rings (SSSR count). The second-order valence-corrected chi connectivity index (χ2v) is 9.57. The fraction of sp³-hybridized carbons (Fsp3) is 0.591. The molecule has 2 fully saturated rings. The maximum absolute atomic E-state index is 13.5. The maximum atomic E-state index is 13.5. The number of nitrogens with zero attached hydrogens (tertiary/aromatic N) is 1. The van der Waals surface area contributed by atoms with Gasteiger partial charge in [0.2, 0.25) is 11.8 Å². The van der Waals surface area contributed by atoms with E-state index in [2.05, 4.69) is 10.6 Å². The normalized spacial score (nSPS) is 21.3. The number of carboxylic acid groups (broad SMARTS) is 1. The standard InChI is InChI=1S/C22H31N3O4S.ClH/c1-15(2)12-17(20(27)28)24-21(29)22(16-6-4-3-5-7-16)8-10-25(11-9-22)19(26)18-13-30-14-23-18;/h3-7,15,17-18,23H,8-14H2,1-2H3,(H,24,29)(H,27,28);1H/t17-,18-;/m1./s1. The highest BCUT2D eigenvalue weighted by atomic mass is 35.5. The summed E-state index contributed by atoms with van der Waals surface area (Å²) in [6, 6.07) is 8.45. The summed E-state index contributed by atoms with van der Waals surface area (Å²) in [6.07, 6.45) is 1.33. The van der Waals surface area contributed by atoms with Gasteiger partial charge in [0.15, 0.2) is 0 Å². The molecule has 1 aromatic rings. The Morgan fingerprint density at radius 2 is 1.87 bits per heavy atom. The zero-order valence-corrected chi connectivity index (χ0v) is 19.6. The van der Waals surface area contributed by atoms with E-state index in [0.717, 1.165) is 17.2 Å². The molecule has 1 aromatic carbocycles. The number of hydrogen-bond donors (Lipinski definition) is 3. The zero-order valence-electron chi connectivity index (χ0n) is 18.0. The van der Waals surface area contributed by atoms with Crippen LogP contribution in [0.15, 0.2) is 30.3 Å². The number of carbonyl (C=O) groups is 3. The van der Waals surface area contributed by atoms with Crippen LogP contribution in [0.25, 0.3) is 0 Å². The number of nitrogens with one attached hydrogen (secondary N) is 2. The second kappa shape index (κ2) is 11.2. The Balaban J connectivity index is 0.00000341. The highest BCUT2D eigenvalue weighted by Crippen LogP contribution is 2.36. The number of piperidine rings is 1. The lowest BCUT2D eigenvalue weighted by molar-refractivity contribution is -0.144. The molecule has 3 N–H and O–H groups in total. The van der Waals surface area contributed by atoms with E-state index in [0.29, 0.717) is 32.4 Å². The highest BCUT2D eigenvalue weighted by Gasteiger charge is 2.45. The summed E-state index contributed by atoms with van der Waals surface area (Å²) >= 11 is 1.71. The molecule has 2 heterocycles. The van der Waals surface area contributed by atoms with Gasteiger partial charge in [0, 0.05) is 24.7 Å². The van der Waals surface area contributed by atoms with Gasteiger partial charge in [0.1, 0.15) is 6.04 Å². The molecule has 172 valence electrons. The van der Waals surface area contributed by atoms with E-state index in [1.807, 2.05) is 49.1 Å². The van der Waals surface area contributed by atoms with E-state index in [4.69, 9.17) is 0 Å². The van der Waals surface area contributed by atoms with Crippen LogP contribution in [0.2, 0.25) is 0 Å². The quantitative estimate of drug-likeness (QED) is 0.566. The molecular weight excluding hydrogens is 438 g/mol. The second-order valence-electron chi connectivity index (χ2n) is 8.54. The topological polar surface area (TPSA) is 98.7 Å². The predicted molar refractivity (Wildman–Crippen MR) is 124 cm³/mol. The van der Waals surface area contributed by atoms with E-state index in [-0.39, 0.29) is 36.2 Å². The Morgan fingerprint density at radius 3 is 2.39 bits per heavy atom. The molecule has 7 nitrogen and oxygen atoms in total. The van der Waals surface area contributed by atoms with Crippen LogP contribution in [-0.4, -0.2) is 64.6 Å². The average molecular weight is 470 g/mol. The summed E-state index contributed by atoms with van der Waals surface area (Å²) in [7, 11) is 0. The molecule has 0 saturated carbocycles. The van der Waals surface area contributed by atoms with Crippen molar-refractivity contribution < 1.29 is 19.5 Å². The number of rotatable bonds is 7. The first-order chi connectivity index (χ1) is 14.3. The van der Waals surface area contributed by atoms with Crippen molar-refractivity contribution in [2.45, 2.75) is 50.6 Å². The van der Waals surface area contributed by atoms with Crippen molar-refractivity contribution >= 4 is 42.0 Å². The minimum atomic E-state index is -1.02. The molecule has 31 heavy (non-hydrogen) atoms. The number of carbonyl (C=O) groups excluding carboxylic acids is 2. The number of thioether (sulfide) groups is 1. The third-order valence-corrected chi connectivity index (χ3v) is 6.95. The third kappa shape index (κ3) is 5.93. The first kappa shape index (κ1) is 25.5. The third-order valence-electron chi connectivity index (χ3n) is 6.01. The smallest absolute Gasteiger partial charge is 0.326 e. The first-order valence-corrected chi connectivity index (χ1v) is 11.7. The SMILES string of the molecule is CC(C)C[C@@H](NC(=O)C1(c2ccccc2)CCN(C(=O)[C@H]2CSCN2)CC1)C(=O)O.Cl. The minimum absolute atomic E-state index is 0. The van der Waals surface area contributed by atoms with Crippen molar-refractivity contribution in [3.63, 3.8) is 0 Å². The van der Waals surface area contributed by atoms with Crippen molar-refractivity contribution in [3.05, 3.63) is 35.9 Å². The summed E-state index contributed by atoms with van der Waals surface area (Å²) < 4.78 is 0. The number of carboxylic acids is 1. The molecule has 2 amide bonds. The van der Waals surface area contributed by atoms with Crippen LogP contribution in [0.5, 0.6) is 0 Å². The number of likely N-dealkylation sites (tertiary alicyclic amines) is 1. The number of aliphatic carboxylic acids is 1. The van der Waals surface area contributed by atoms with Crippen LogP contribution in [0.4, 0.5) is 0 Å². The van der Waals surface area contributed by atoms with Crippen molar-refractivity contribution in [1.29, 1.82) is 0 Å². The van der Waals surface area contributed by atoms with Gasteiger partial charge >= 0.3 is 5.97 Å². The summed E-state index contributed by atoms with van der Waals surface area (Å²) in [5.74, 6) is 0.518. The van der Waals surface area contributed by atoms with Gasteiger partial charge in [-0.2, -0.15) is 0 Å². The Labute approximate surface area is 194 Å². The molecule has 9 heteroatoms. The molecule has 0 radical (unpaired) electrons. The molecule has 0 bridgehead atoms. The van der Waals surface area contributed by atoms with Crippen LogP contribution >= 0.6 is 24.2 Å². The van der Waals surface area contributed by atoms with Crippen LogP contribution < -0.4 is 10.6 Å². The van der Waals surface area contributed by atoms with E-state index in [9.17, 15) is 19.5 Å². The van der Waals surface area contributed by atoms with Gasteiger partial charge in [-0.25, -0.2) is 4.79 Å². The summed E-state index contributed by atoms with van der Waals surface area (Å²) in [5.41, 5.74) is 0.0402. The molecule has 0 aliphatic carbocycles. The number of amides is 2. The van der Waals surface area contributed by atoms with Crippen molar-refractivity contribution in [3.8, 4) is 0 Å². The fourth-order valence-corrected chi connectivity index (χ4v) is 5.21. The van der Waals surface area contributed by atoms with Crippen LogP contribution in [0.1, 0.15) is 38.7 Å². The van der Waals surface area contributed by atoms with Gasteiger partial charge in [-0.05, 0) is 30.7 Å². The predicted octanol–water partition coefficient (Wildman–Crippen LogP) is 2.25. The zero-order chi connectivity index (χ0) is 21.7. The first-order valence-electron chi connectivity index (χ1n) is 10.5. The molecule has 2 aliphatic heterocycles. The number of benzene rings is 1. The Kier molecular flexibility index (Phi) is 9.21. The van der Waals surface area contributed by atoms with E-state index in [1.54, 1.807) is 11.8 Å². The lowest BCUT2D eigenvalue weighted by Crippen LogP contribution is -2.57. The van der Waals surface area contributed by atoms with Crippen LogP contribution in [0, 0.1) is 5.92 Å². The van der Waals surface area contributed by atoms with E-state index in [1.165, 1.54) is 0 Å². The van der Waals surface area contributed by atoms with E-state index >= 15 is 0 Å². The van der Waals surface area contributed by atoms with Gasteiger partial charge in [0.25, 0.3) is 0 Å². The van der Waals surface area contributed by atoms with Crippen LogP contribution in [-0.2, 0) is 19.8 Å². The molecule has 2 atom stereocenters. The van der Waals surface area contributed by atoms with Gasteiger partial charge in [-0.3, -0.25) is 14.9 Å². The summed E-state index contributed by atoms with van der Waals surface area (Å²) in [4.78, 5) is 39.8. The number of halogens is 1. The average Bonchev–Trinajstić information content (AvgIpc) is 3.28. The fourth-order valence-electron chi connectivity index (χ4n) is 4.28. The van der Waals surface area contributed by atoms with Gasteiger partial charge < -0.3 is 15.3 Å². The lowest BCUT2D eigenvalue weighted by Gasteiger charge is -2.42. The van der Waals surface area contributed by atoms with Gasteiger partial charge in [-0.15, -0.1) is 24.2 Å². The molecule has 0 aromatic heterocycles. The highest BCUT2D eigenvalue weighted by molar-refractivity contribution is 7.99. The monoisotopic (exact) mass is 469 g/mol. The largest absolute Gasteiger partial charge is 0.480 e. The van der Waals surface area contributed by atoms with Crippen molar-refractivity contribution in [2.24, 2.45) is 5.92 Å². The Morgan fingerprint density at radius 1 is 1.23 bits per heavy atom. The van der Waals surface area contributed by atoms with Gasteiger partial charge in [0.05, 0.1) is 11.5 Å². The minimum Gasteiger partial charge on any atom is -0.480 e. The van der Waals surface area contributed by atoms with Crippen LogP contribution in [0.3, 0.4) is 0 Å². The van der Waals surface area contributed by atoms with E-state index < -0.39 is 17.4 Å². The van der Waals surface area contributed by atoms with Crippen molar-refractivity contribution in [1.82, 2.24) is 15.5 Å². The molecule has 0 unspecified atom stereocenters.